The summed E-state index contributed by atoms with van der Waals surface area (Å²) in [5, 5.41) is 15.6. The monoisotopic (exact) mass is 517 g/mol. The van der Waals surface area contributed by atoms with Gasteiger partial charge in [0.1, 0.15) is 29.7 Å². The zero-order valence-electron chi connectivity index (χ0n) is 18.4. The minimum Gasteiger partial charge on any atom is -0.385 e. The molecule has 2 N–H and O–H groups in total. The molecule has 36 heavy (non-hydrogen) atoms. The van der Waals surface area contributed by atoms with Crippen LogP contribution >= 0.6 is 0 Å². The van der Waals surface area contributed by atoms with Crippen molar-refractivity contribution in [3.8, 4) is 16.9 Å². The fourth-order valence-electron chi connectivity index (χ4n) is 3.20. The number of carbonyl (C=O) groups excluding carboxylic acids is 1. The molecule has 2 atom stereocenters. The van der Waals surface area contributed by atoms with Gasteiger partial charge in [-0.1, -0.05) is 18.2 Å². The summed E-state index contributed by atoms with van der Waals surface area (Å²) in [4.78, 5) is 25.8. The molecule has 192 valence electrons. The Labute approximate surface area is 199 Å². The summed E-state index contributed by atoms with van der Waals surface area (Å²) in [5.41, 5.74) is -6.09. The van der Waals surface area contributed by atoms with Gasteiger partial charge in [-0.3, -0.25) is 9.59 Å². The molecule has 0 saturated carbocycles. The van der Waals surface area contributed by atoms with Crippen LogP contribution in [-0.2, 0) is 6.18 Å². The first kappa shape index (κ1) is 26.9. The van der Waals surface area contributed by atoms with E-state index in [1.165, 1.54) is 12.1 Å². The second kappa shape index (κ2) is 10.1. The van der Waals surface area contributed by atoms with Gasteiger partial charge >= 0.3 is 6.18 Å². The van der Waals surface area contributed by atoms with Gasteiger partial charge in [0.25, 0.3) is 17.9 Å². The normalized spacial score (nSPS) is 14.4. The van der Waals surface area contributed by atoms with E-state index in [0.29, 0.717) is 4.68 Å². The first-order chi connectivity index (χ1) is 16.7. The number of benzene rings is 2. The zero-order valence-corrected chi connectivity index (χ0v) is 18.4. The molecule has 1 amide bonds. The predicted molar refractivity (Wildman–Crippen MR) is 114 cm³/mol. The second-order valence-electron chi connectivity index (χ2n) is 7.99. The van der Waals surface area contributed by atoms with Gasteiger partial charge in [-0.15, -0.1) is 0 Å². The van der Waals surface area contributed by atoms with Crippen LogP contribution in [0.25, 0.3) is 16.9 Å². The van der Waals surface area contributed by atoms with Crippen LogP contribution in [0.4, 0.5) is 30.7 Å². The number of hydrogen-bond acceptors (Lipinski definition) is 4. The maximum atomic E-state index is 13.8. The average Bonchev–Trinajstić information content (AvgIpc) is 2.81. The molecule has 0 spiro atoms. The van der Waals surface area contributed by atoms with Crippen LogP contribution in [0.15, 0.2) is 59.4 Å². The van der Waals surface area contributed by atoms with Crippen molar-refractivity contribution in [2.75, 3.05) is 6.67 Å². The number of rotatable bonds is 7. The highest BCUT2D eigenvalue weighted by molar-refractivity contribution is 5.95. The molecule has 3 rings (SSSR count). The largest absolute Gasteiger partial charge is 0.416 e. The Morgan fingerprint density at radius 2 is 1.75 bits per heavy atom. The van der Waals surface area contributed by atoms with E-state index in [9.17, 15) is 45.4 Å². The molecule has 0 saturated heterocycles. The number of aromatic nitrogens is 2. The van der Waals surface area contributed by atoms with Crippen molar-refractivity contribution in [1.29, 1.82) is 0 Å². The van der Waals surface area contributed by atoms with Gasteiger partial charge in [0.2, 0.25) is 0 Å². The minimum absolute atomic E-state index is 0.00312. The lowest BCUT2D eigenvalue weighted by atomic mass is 9.98. The SMILES string of the molecule is CC(O)(CF)[C@H](NC(=O)c1cc(-c2ccc(C(F)(F)F)cc2)nn(-c2cccc(F)c2)c1=O)C(F)F. The van der Waals surface area contributed by atoms with Gasteiger partial charge in [0.05, 0.1) is 16.9 Å². The summed E-state index contributed by atoms with van der Waals surface area (Å²) >= 11 is 0. The molecule has 1 aromatic heterocycles. The molecule has 0 aliphatic heterocycles. The summed E-state index contributed by atoms with van der Waals surface area (Å²) in [6.07, 6.45) is -8.07. The first-order valence-electron chi connectivity index (χ1n) is 10.2. The van der Waals surface area contributed by atoms with Gasteiger partial charge in [0.15, 0.2) is 0 Å². The molecule has 0 aliphatic carbocycles. The van der Waals surface area contributed by atoms with Crippen LogP contribution in [0, 0.1) is 5.82 Å². The Hall–Kier alpha value is -3.74. The minimum atomic E-state index is -4.64. The van der Waals surface area contributed by atoms with Gasteiger partial charge in [-0.25, -0.2) is 17.6 Å². The van der Waals surface area contributed by atoms with Crippen molar-refractivity contribution in [2.45, 2.75) is 31.2 Å². The van der Waals surface area contributed by atoms with Gasteiger partial charge < -0.3 is 10.4 Å². The lowest BCUT2D eigenvalue weighted by Gasteiger charge is -2.30. The summed E-state index contributed by atoms with van der Waals surface area (Å²) in [6.45, 7) is -0.932. The van der Waals surface area contributed by atoms with Crippen LogP contribution in [-0.4, -0.2) is 45.5 Å². The highest BCUT2D eigenvalue weighted by Gasteiger charge is 2.40. The highest BCUT2D eigenvalue weighted by atomic mass is 19.4. The Bertz CT molecular complexity index is 1310. The van der Waals surface area contributed by atoms with Crippen molar-refractivity contribution >= 4 is 5.91 Å². The van der Waals surface area contributed by atoms with Gasteiger partial charge in [0, 0.05) is 5.56 Å². The fourth-order valence-corrected chi connectivity index (χ4v) is 3.20. The van der Waals surface area contributed by atoms with E-state index in [0.717, 1.165) is 49.4 Å². The van der Waals surface area contributed by atoms with Crippen LogP contribution in [0.3, 0.4) is 0 Å². The van der Waals surface area contributed by atoms with Crippen molar-refractivity contribution in [3.05, 3.63) is 81.9 Å². The van der Waals surface area contributed by atoms with E-state index in [-0.39, 0.29) is 16.9 Å². The third-order valence-corrected chi connectivity index (χ3v) is 5.20. The molecule has 6 nitrogen and oxygen atoms in total. The zero-order chi connectivity index (χ0) is 26.8. The Kier molecular flexibility index (Phi) is 7.53. The lowest BCUT2D eigenvalue weighted by molar-refractivity contribution is -0.137. The summed E-state index contributed by atoms with van der Waals surface area (Å²) in [6, 6.07) is 6.25. The van der Waals surface area contributed by atoms with Crippen LogP contribution in [0.1, 0.15) is 22.8 Å². The number of nitrogens with zero attached hydrogens (tertiary/aromatic N) is 2. The van der Waals surface area contributed by atoms with Gasteiger partial charge in [-0.2, -0.15) is 23.0 Å². The smallest absolute Gasteiger partial charge is 0.385 e. The van der Waals surface area contributed by atoms with Gasteiger partial charge in [-0.05, 0) is 43.3 Å². The summed E-state index contributed by atoms with van der Waals surface area (Å²) in [7, 11) is 0. The Balaban J connectivity index is 2.17. The number of aliphatic hydroxyl groups is 1. The van der Waals surface area contributed by atoms with Crippen LogP contribution in [0.5, 0.6) is 0 Å². The van der Waals surface area contributed by atoms with E-state index < -0.39 is 59.3 Å². The summed E-state index contributed by atoms with van der Waals surface area (Å²) < 4.78 is 93.1. The third-order valence-electron chi connectivity index (χ3n) is 5.20. The highest BCUT2D eigenvalue weighted by Crippen LogP contribution is 2.30. The number of alkyl halides is 6. The number of carbonyl (C=O) groups is 1. The standard InChI is InChI=1S/C23H18F7N3O3/c1-22(36,11-24)18(19(26)27)31-20(34)16-10-17(12-5-7-13(8-6-12)23(28,29)30)32-33(21(16)35)15-4-2-3-14(25)9-15/h2-10,18-19,36H,11H2,1H3,(H,31,34)/t18-,22?/m1/s1. The molecule has 0 aliphatic rings. The molecular weight excluding hydrogens is 499 g/mol. The molecule has 3 aromatic rings. The molecule has 1 unspecified atom stereocenters. The molecule has 13 heteroatoms. The van der Waals surface area contributed by atoms with E-state index in [2.05, 4.69) is 5.10 Å². The van der Waals surface area contributed by atoms with E-state index >= 15 is 0 Å². The number of nitrogens with one attached hydrogen (secondary N) is 1. The topological polar surface area (TPSA) is 84.2 Å². The van der Waals surface area contributed by atoms with Crippen molar-refractivity contribution in [3.63, 3.8) is 0 Å². The van der Waals surface area contributed by atoms with Crippen molar-refractivity contribution in [2.24, 2.45) is 0 Å². The lowest BCUT2D eigenvalue weighted by Crippen LogP contribution is -2.57. The number of hydrogen-bond donors (Lipinski definition) is 2. The third kappa shape index (κ3) is 5.73. The second-order valence-corrected chi connectivity index (χ2v) is 7.99. The maximum absolute atomic E-state index is 13.8. The van der Waals surface area contributed by atoms with E-state index in [4.69, 9.17) is 0 Å². The predicted octanol–water partition coefficient (Wildman–Crippen LogP) is 4.14. The molecular formula is C23H18F7N3O3. The molecule has 0 fully saturated rings. The number of amides is 1. The Morgan fingerprint density at radius 1 is 1.11 bits per heavy atom. The van der Waals surface area contributed by atoms with Crippen LogP contribution in [0.2, 0.25) is 0 Å². The molecule has 0 bridgehead atoms. The van der Waals surface area contributed by atoms with Crippen molar-refractivity contribution in [1.82, 2.24) is 15.1 Å². The quantitative estimate of drug-likeness (QED) is 0.462. The van der Waals surface area contributed by atoms with Crippen molar-refractivity contribution < 1.29 is 40.6 Å². The average molecular weight is 517 g/mol. The Morgan fingerprint density at radius 3 is 2.28 bits per heavy atom. The number of halogens is 7. The molecule has 2 aromatic carbocycles. The van der Waals surface area contributed by atoms with Crippen LogP contribution < -0.4 is 10.9 Å². The molecule has 0 radical (unpaired) electrons. The fraction of sp³-hybridized carbons (Fsp3) is 0.261. The van der Waals surface area contributed by atoms with E-state index in [1.807, 2.05) is 0 Å². The summed E-state index contributed by atoms with van der Waals surface area (Å²) in [5.74, 6) is -2.23. The molecule has 1 heterocycles. The van der Waals surface area contributed by atoms with E-state index in [1.54, 1.807) is 5.32 Å². The maximum Gasteiger partial charge on any atom is 0.416 e. The first-order valence-corrected chi connectivity index (χ1v) is 10.2.